The van der Waals surface area contributed by atoms with Crippen molar-refractivity contribution in [1.82, 2.24) is 9.55 Å². The summed E-state index contributed by atoms with van der Waals surface area (Å²) in [6.07, 6.45) is 3.81. The number of imidazole rings is 1. The van der Waals surface area contributed by atoms with Crippen LogP contribution in [-0.2, 0) is 6.54 Å². The van der Waals surface area contributed by atoms with Gasteiger partial charge in [0.05, 0.1) is 6.33 Å². The van der Waals surface area contributed by atoms with E-state index in [1.807, 2.05) is 24.7 Å². The van der Waals surface area contributed by atoms with Crippen LogP contribution in [0, 0.1) is 0 Å². The number of aromatic nitrogens is 2. The summed E-state index contributed by atoms with van der Waals surface area (Å²) in [5.74, 6) is 0.497. The summed E-state index contributed by atoms with van der Waals surface area (Å²) in [6, 6.07) is 7.97. The molecule has 0 aliphatic heterocycles. The zero-order valence-corrected chi connectivity index (χ0v) is 9.72. The van der Waals surface area contributed by atoms with E-state index in [2.05, 4.69) is 35.5 Å². The highest BCUT2D eigenvalue weighted by Crippen LogP contribution is 2.15. The number of anilines is 1. The van der Waals surface area contributed by atoms with E-state index in [0.29, 0.717) is 5.92 Å². The van der Waals surface area contributed by atoms with Gasteiger partial charge in [0.2, 0.25) is 0 Å². The third-order valence-electron chi connectivity index (χ3n) is 2.67. The van der Waals surface area contributed by atoms with E-state index in [-0.39, 0.29) is 0 Å². The fourth-order valence-corrected chi connectivity index (χ4v) is 1.76. The van der Waals surface area contributed by atoms with Crippen molar-refractivity contribution in [3.8, 4) is 0 Å². The predicted molar refractivity (Wildman–Crippen MR) is 66.3 cm³/mol. The van der Waals surface area contributed by atoms with Gasteiger partial charge in [0, 0.05) is 24.1 Å². The number of nitrogens with two attached hydrogens (primary N) is 1. The second kappa shape index (κ2) is 4.39. The molecular formula is C13H17N3. The van der Waals surface area contributed by atoms with Gasteiger partial charge in [-0.05, 0) is 23.6 Å². The third-order valence-corrected chi connectivity index (χ3v) is 2.67. The van der Waals surface area contributed by atoms with Crippen LogP contribution >= 0.6 is 0 Å². The molecule has 0 aliphatic rings. The minimum atomic E-state index is 0.497. The Morgan fingerprint density at radius 3 is 2.56 bits per heavy atom. The summed E-state index contributed by atoms with van der Waals surface area (Å²) >= 11 is 0. The standard InChI is InChI=1S/C13H17N3/c1-10(2)13-7-15-9-16(13)8-11-3-5-12(14)6-4-11/h3-7,9-10H,8,14H2,1-2H3. The second-order valence-electron chi connectivity index (χ2n) is 4.34. The molecule has 2 rings (SSSR count). The molecule has 0 saturated carbocycles. The van der Waals surface area contributed by atoms with Gasteiger partial charge in [0.1, 0.15) is 0 Å². The van der Waals surface area contributed by atoms with Gasteiger partial charge < -0.3 is 10.3 Å². The van der Waals surface area contributed by atoms with Gasteiger partial charge in [-0.25, -0.2) is 4.98 Å². The molecular weight excluding hydrogens is 198 g/mol. The number of hydrogen-bond donors (Lipinski definition) is 1. The molecule has 0 unspecified atom stereocenters. The Morgan fingerprint density at radius 2 is 1.94 bits per heavy atom. The minimum absolute atomic E-state index is 0.497. The quantitative estimate of drug-likeness (QED) is 0.800. The van der Waals surface area contributed by atoms with E-state index in [1.54, 1.807) is 0 Å². The van der Waals surface area contributed by atoms with Gasteiger partial charge in [0.15, 0.2) is 0 Å². The topological polar surface area (TPSA) is 43.8 Å². The second-order valence-corrected chi connectivity index (χ2v) is 4.34. The van der Waals surface area contributed by atoms with Gasteiger partial charge in [-0.1, -0.05) is 26.0 Å². The summed E-state index contributed by atoms with van der Waals surface area (Å²) in [7, 11) is 0. The molecule has 0 radical (unpaired) electrons. The van der Waals surface area contributed by atoms with E-state index in [4.69, 9.17) is 5.73 Å². The largest absolute Gasteiger partial charge is 0.399 e. The van der Waals surface area contributed by atoms with Crippen LogP contribution in [0.25, 0.3) is 0 Å². The zero-order valence-electron chi connectivity index (χ0n) is 9.72. The van der Waals surface area contributed by atoms with Crippen molar-refractivity contribution in [1.29, 1.82) is 0 Å². The van der Waals surface area contributed by atoms with Crippen molar-refractivity contribution in [2.75, 3.05) is 5.73 Å². The molecule has 0 aliphatic carbocycles. The Morgan fingerprint density at radius 1 is 1.25 bits per heavy atom. The molecule has 0 spiro atoms. The van der Waals surface area contributed by atoms with E-state index in [1.165, 1.54) is 11.3 Å². The molecule has 16 heavy (non-hydrogen) atoms. The van der Waals surface area contributed by atoms with Gasteiger partial charge in [-0.15, -0.1) is 0 Å². The van der Waals surface area contributed by atoms with Crippen LogP contribution < -0.4 is 5.73 Å². The Hall–Kier alpha value is -1.77. The van der Waals surface area contributed by atoms with Crippen LogP contribution in [-0.4, -0.2) is 9.55 Å². The van der Waals surface area contributed by atoms with Crippen molar-refractivity contribution in [3.05, 3.63) is 48.0 Å². The smallest absolute Gasteiger partial charge is 0.0951 e. The summed E-state index contributed by atoms with van der Waals surface area (Å²) in [5, 5.41) is 0. The molecule has 0 fully saturated rings. The molecule has 1 aromatic heterocycles. The highest BCUT2D eigenvalue weighted by atomic mass is 15.0. The molecule has 0 amide bonds. The monoisotopic (exact) mass is 215 g/mol. The number of hydrogen-bond acceptors (Lipinski definition) is 2. The maximum atomic E-state index is 5.66. The van der Waals surface area contributed by atoms with Gasteiger partial charge in [0.25, 0.3) is 0 Å². The Balaban J connectivity index is 2.20. The molecule has 0 saturated heterocycles. The average Bonchev–Trinajstić information content (AvgIpc) is 2.69. The molecule has 0 atom stereocenters. The van der Waals surface area contributed by atoms with Gasteiger partial charge >= 0.3 is 0 Å². The van der Waals surface area contributed by atoms with Crippen LogP contribution in [0.2, 0.25) is 0 Å². The molecule has 1 aromatic carbocycles. The first-order valence-corrected chi connectivity index (χ1v) is 5.51. The normalized spacial score (nSPS) is 10.9. The Bertz CT molecular complexity index is 454. The van der Waals surface area contributed by atoms with Crippen LogP contribution in [0.5, 0.6) is 0 Å². The number of nitrogens with zero attached hydrogens (tertiary/aromatic N) is 2. The first-order valence-electron chi connectivity index (χ1n) is 5.51. The fraction of sp³-hybridized carbons (Fsp3) is 0.308. The van der Waals surface area contributed by atoms with E-state index in [9.17, 15) is 0 Å². The summed E-state index contributed by atoms with van der Waals surface area (Å²) < 4.78 is 2.18. The Labute approximate surface area is 95.9 Å². The van der Waals surface area contributed by atoms with Crippen LogP contribution in [0.15, 0.2) is 36.8 Å². The summed E-state index contributed by atoms with van der Waals surface area (Å²) in [6.45, 7) is 5.21. The highest BCUT2D eigenvalue weighted by molar-refractivity contribution is 5.39. The molecule has 1 heterocycles. The van der Waals surface area contributed by atoms with E-state index >= 15 is 0 Å². The Kier molecular flexibility index (Phi) is 2.95. The van der Waals surface area contributed by atoms with E-state index in [0.717, 1.165) is 12.2 Å². The van der Waals surface area contributed by atoms with Crippen molar-refractivity contribution in [3.63, 3.8) is 0 Å². The lowest BCUT2D eigenvalue weighted by Gasteiger charge is -2.10. The van der Waals surface area contributed by atoms with E-state index < -0.39 is 0 Å². The van der Waals surface area contributed by atoms with Crippen molar-refractivity contribution in [2.45, 2.75) is 26.3 Å². The molecule has 3 heteroatoms. The first-order chi connectivity index (χ1) is 7.66. The SMILES string of the molecule is CC(C)c1cncn1Cc1ccc(N)cc1. The highest BCUT2D eigenvalue weighted by Gasteiger charge is 2.06. The average molecular weight is 215 g/mol. The number of rotatable bonds is 3. The van der Waals surface area contributed by atoms with Crippen molar-refractivity contribution >= 4 is 5.69 Å². The predicted octanol–water partition coefficient (Wildman–Crippen LogP) is 2.64. The molecule has 0 bridgehead atoms. The van der Waals surface area contributed by atoms with Crippen molar-refractivity contribution < 1.29 is 0 Å². The fourth-order valence-electron chi connectivity index (χ4n) is 1.76. The first kappa shape index (κ1) is 10.7. The summed E-state index contributed by atoms with van der Waals surface area (Å²) in [5.41, 5.74) is 8.97. The zero-order chi connectivity index (χ0) is 11.5. The lowest BCUT2D eigenvalue weighted by atomic mass is 10.1. The molecule has 2 aromatic rings. The lowest BCUT2D eigenvalue weighted by Crippen LogP contribution is -2.04. The molecule has 2 N–H and O–H groups in total. The van der Waals surface area contributed by atoms with Crippen molar-refractivity contribution in [2.24, 2.45) is 0 Å². The minimum Gasteiger partial charge on any atom is -0.399 e. The van der Waals surface area contributed by atoms with Gasteiger partial charge in [-0.2, -0.15) is 0 Å². The van der Waals surface area contributed by atoms with Crippen LogP contribution in [0.1, 0.15) is 31.0 Å². The maximum absolute atomic E-state index is 5.66. The summed E-state index contributed by atoms with van der Waals surface area (Å²) in [4.78, 5) is 4.20. The number of nitrogen functional groups attached to an aromatic ring is 1. The molecule has 3 nitrogen and oxygen atoms in total. The maximum Gasteiger partial charge on any atom is 0.0951 e. The van der Waals surface area contributed by atoms with Crippen LogP contribution in [0.4, 0.5) is 5.69 Å². The van der Waals surface area contributed by atoms with Crippen LogP contribution in [0.3, 0.4) is 0 Å². The van der Waals surface area contributed by atoms with Gasteiger partial charge in [-0.3, -0.25) is 0 Å². The number of benzene rings is 1. The third kappa shape index (κ3) is 2.24. The molecule has 84 valence electrons. The lowest BCUT2D eigenvalue weighted by molar-refractivity contribution is 0.692.